The lowest BCUT2D eigenvalue weighted by atomic mass is 9.93. The molecule has 126 valence electrons. The lowest BCUT2D eigenvalue weighted by Gasteiger charge is -2.23. The quantitative estimate of drug-likeness (QED) is 0.706. The van der Waals surface area contributed by atoms with Gasteiger partial charge in [0.2, 0.25) is 0 Å². The molecule has 0 amide bonds. The zero-order valence-electron chi connectivity index (χ0n) is 15.3. The molecule has 2 aromatic rings. The van der Waals surface area contributed by atoms with E-state index in [2.05, 4.69) is 74.6 Å². The van der Waals surface area contributed by atoms with Gasteiger partial charge < -0.3 is 9.88 Å². The maximum Gasteiger partial charge on any atom is 0.0498 e. The highest BCUT2D eigenvalue weighted by atomic mass is 15.1. The second-order valence-electron chi connectivity index (χ2n) is 7.10. The molecule has 0 bridgehead atoms. The first-order chi connectivity index (χ1) is 11.5. The van der Waals surface area contributed by atoms with Crippen molar-refractivity contribution in [3.05, 3.63) is 65.5 Å². The van der Waals surface area contributed by atoms with E-state index in [9.17, 15) is 0 Å². The van der Waals surface area contributed by atoms with Crippen molar-refractivity contribution in [3.63, 3.8) is 0 Å². The zero-order valence-corrected chi connectivity index (χ0v) is 15.3. The summed E-state index contributed by atoms with van der Waals surface area (Å²) in [6, 6.07) is 6.83. The van der Waals surface area contributed by atoms with Crippen molar-refractivity contribution in [2.75, 3.05) is 13.6 Å². The Balaban J connectivity index is 2.11. The second kappa shape index (κ2) is 6.72. The lowest BCUT2D eigenvalue weighted by Crippen LogP contribution is -2.19. The van der Waals surface area contributed by atoms with Crippen LogP contribution < -0.4 is 0 Å². The predicted octanol–water partition coefficient (Wildman–Crippen LogP) is 5.64. The van der Waals surface area contributed by atoms with Crippen LogP contribution in [0.3, 0.4) is 0 Å². The highest BCUT2D eigenvalue weighted by molar-refractivity contribution is 5.92. The molecule has 0 saturated carbocycles. The number of hydrogen-bond donors (Lipinski definition) is 1. The monoisotopic (exact) mass is 320 g/mol. The number of fused-ring (bicyclic) bond motifs is 1. The molecule has 0 unspecified atom stereocenters. The Hall–Kier alpha value is -2.22. The van der Waals surface area contributed by atoms with E-state index in [1.807, 2.05) is 6.08 Å². The maximum absolute atomic E-state index is 3.84. The van der Waals surface area contributed by atoms with Crippen LogP contribution in [0, 0.1) is 0 Å². The molecule has 2 nitrogen and oxygen atoms in total. The molecule has 1 aliphatic rings. The van der Waals surface area contributed by atoms with Crippen LogP contribution in [0.25, 0.3) is 16.5 Å². The van der Waals surface area contributed by atoms with Gasteiger partial charge in [0.05, 0.1) is 0 Å². The Morgan fingerprint density at radius 2 is 2.12 bits per heavy atom. The summed E-state index contributed by atoms with van der Waals surface area (Å²) in [7, 11) is 2.14. The molecule has 1 aliphatic heterocycles. The third kappa shape index (κ3) is 3.06. The van der Waals surface area contributed by atoms with Gasteiger partial charge in [-0.05, 0) is 60.6 Å². The topological polar surface area (TPSA) is 19.0 Å². The van der Waals surface area contributed by atoms with E-state index < -0.39 is 0 Å². The third-order valence-corrected chi connectivity index (χ3v) is 4.96. The number of benzene rings is 1. The van der Waals surface area contributed by atoms with Gasteiger partial charge in [0.15, 0.2) is 0 Å². The smallest absolute Gasteiger partial charge is 0.0498 e. The first-order valence-electron chi connectivity index (χ1n) is 8.86. The SMILES string of the molecule is C=CCCc1ccc2[nH]c(C3=CCN(C)C(C)=C3)c(C(C)C)c2c1. The summed E-state index contributed by atoms with van der Waals surface area (Å²) in [5.41, 5.74) is 7.98. The predicted molar refractivity (Wildman–Crippen MR) is 105 cm³/mol. The summed E-state index contributed by atoms with van der Waals surface area (Å²) in [5, 5.41) is 1.37. The molecule has 1 aromatic carbocycles. The summed E-state index contributed by atoms with van der Waals surface area (Å²) in [6.07, 6.45) is 8.69. The number of aromatic amines is 1. The molecule has 0 atom stereocenters. The van der Waals surface area contributed by atoms with E-state index in [0.717, 1.165) is 19.4 Å². The number of nitrogens with zero attached hydrogens (tertiary/aromatic N) is 1. The fraction of sp³-hybridized carbons (Fsp3) is 0.364. The van der Waals surface area contributed by atoms with Crippen molar-refractivity contribution in [1.29, 1.82) is 0 Å². The fourth-order valence-electron chi connectivity index (χ4n) is 3.46. The van der Waals surface area contributed by atoms with Crippen molar-refractivity contribution in [2.45, 2.75) is 39.5 Å². The van der Waals surface area contributed by atoms with Crippen LogP contribution in [0.2, 0.25) is 0 Å². The molecular formula is C22H28N2. The van der Waals surface area contributed by atoms with Crippen molar-refractivity contribution < 1.29 is 0 Å². The first kappa shape index (κ1) is 16.6. The molecule has 2 heterocycles. The van der Waals surface area contributed by atoms with Gasteiger partial charge in [-0.3, -0.25) is 0 Å². The molecule has 0 saturated heterocycles. The van der Waals surface area contributed by atoms with Crippen LogP contribution in [0.1, 0.15) is 49.9 Å². The Labute approximate surface area is 145 Å². The number of hydrogen-bond acceptors (Lipinski definition) is 1. The lowest BCUT2D eigenvalue weighted by molar-refractivity contribution is 0.462. The minimum absolute atomic E-state index is 0.484. The minimum atomic E-state index is 0.484. The first-order valence-corrected chi connectivity index (χ1v) is 8.86. The Morgan fingerprint density at radius 3 is 2.79 bits per heavy atom. The highest BCUT2D eigenvalue weighted by Gasteiger charge is 2.19. The summed E-state index contributed by atoms with van der Waals surface area (Å²) in [6.45, 7) is 11.6. The molecule has 1 N–H and O–H groups in total. The van der Waals surface area contributed by atoms with Crippen LogP contribution >= 0.6 is 0 Å². The number of nitrogens with one attached hydrogen (secondary N) is 1. The van der Waals surface area contributed by atoms with E-state index >= 15 is 0 Å². The van der Waals surface area contributed by atoms with Crippen LogP contribution in [0.5, 0.6) is 0 Å². The van der Waals surface area contributed by atoms with E-state index in [1.165, 1.54) is 39.0 Å². The van der Waals surface area contributed by atoms with Gasteiger partial charge in [0, 0.05) is 35.9 Å². The van der Waals surface area contributed by atoms with Gasteiger partial charge in [0.1, 0.15) is 0 Å². The van der Waals surface area contributed by atoms with Gasteiger partial charge >= 0.3 is 0 Å². The van der Waals surface area contributed by atoms with Crippen molar-refractivity contribution in [2.24, 2.45) is 0 Å². The summed E-state index contributed by atoms with van der Waals surface area (Å²) < 4.78 is 0. The van der Waals surface area contributed by atoms with Gasteiger partial charge in [0.25, 0.3) is 0 Å². The highest BCUT2D eigenvalue weighted by Crippen LogP contribution is 2.35. The Morgan fingerprint density at radius 1 is 1.33 bits per heavy atom. The largest absolute Gasteiger partial charge is 0.374 e. The molecule has 24 heavy (non-hydrogen) atoms. The normalized spacial score (nSPS) is 15.0. The van der Waals surface area contributed by atoms with Crippen LogP contribution in [0.15, 0.2) is 48.7 Å². The maximum atomic E-state index is 3.84. The molecule has 3 rings (SSSR count). The number of allylic oxidation sites excluding steroid dienone is 4. The second-order valence-corrected chi connectivity index (χ2v) is 7.10. The van der Waals surface area contributed by atoms with Crippen molar-refractivity contribution >= 4 is 16.5 Å². The van der Waals surface area contributed by atoms with E-state index in [-0.39, 0.29) is 0 Å². The van der Waals surface area contributed by atoms with E-state index in [1.54, 1.807) is 0 Å². The van der Waals surface area contributed by atoms with Crippen molar-refractivity contribution in [3.8, 4) is 0 Å². The molecule has 2 heteroatoms. The third-order valence-electron chi connectivity index (χ3n) is 4.96. The Kier molecular flexibility index (Phi) is 4.66. The fourth-order valence-corrected chi connectivity index (χ4v) is 3.46. The van der Waals surface area contributed by atoms with Crippen LogP contribution in [0.4, 0.5) is 0 Å². The van der Waals surface area contributed by atoms with Gasteiger partial charge in [-0.1, -0.05) is 32.1 Å². The van der Waals surface area contributed by atoms with Gasteiger partial charge in [-0.2, -0.15) is 0 Å². The number of aryl methyl sites for hydroxylation is 1. The van der Waals surface area contributed by atoms with Gasteiger partial charge in [-0.25, -0.2) is 0 Å². The molecule has 0 spiro atoms. The number of likely N-dealkylation sites (N-methyl/N-ethyl adjacent to an activating group) is 1. The molecule has 0 fully saturated rings. The average molecular weight is 320 g/mol. The van der Waals surface area contributed by atoms with Crippen LogP contribution in [-0.4, -0.2) is 23.5 Å². The van der Waals surface area contributed by atoms with Gasteiger partial charge in [-0.15, -0.1) is 6.58 Å². The van der Waals surface area contributed by atoms with E-state index in [0.29, 0.717) is 5.92 Å². The van der Waals surface area contributed by atoms with Crippen LogP contribution in [-0.2, 0) is 6.42 Å². The standard InChI is InChI=1S/C22H28N2/c1-6-7-8-17-9-10-20-19(14-17)21(15(2)3)22(23-20)18-11-12-24(5)16(4)13-18/h6,9-11,13-15,23H,1,7-8,12H2,2-5H3. The summed E-state index contributed by atoms with van der Waals surface area (Å²) >= 11 is 0. The molecule has 1 aromatic heterocycles. The Bertz CT molecular complexity index is 818. The molecule has 0 aliphatic carbocycles. The molecular weight excluding hydrogens is 292 g/mol. The summed E-state index contributed by atoms with van der Waals surface area (Å²) in [4.78, 5) is 5.95. The number of rotatable bonds is 5. The number of H-pyrrole nitrogens is 1. The zero-order chi connectivity index (χ0) is 17.3. The minimum Gasteiger partial charge on any atom is -0.374 e. The summed E-state index contributed by atoms with van der Waals surface area (Å²) in [5.74, 6) is 0.484. The van der Waals surface area contributed by atoms with E-state index in [4.69, 9.17) is 0 Å². The molecule has 0 radical (unpaired) electrons. The average Bonchev–Trinajstić information content (AvgIpc) is 2.94. The van der Waals surface area contributed by atoms with Crippen molar-refractivity contribution in [1.82, 2.24) is 9.88 Å². The number of aromatic nitrogens is 1.